The molecule has 0 aromatic heterocycles. The number of sulfonamides is 1. The number of hydrogen-bond acceptors (Lipinski definition) is 4. The molecule has 0 saturated carbocycles. The number of nitrogens with one attached hydrogen (secondary N) is 1. The fourth-order valence-electron chi connectivity index (χ4n) is 4.26. The quantitative estimate of drug-likeness (QED) is 0.247. The van der Waals surface area contributed by atoms with E-state index in [4.69, 9.17) is 23.2 Å². The van der Waals surface area contributed by atoms with Gasteiger partial charge in [-0.25, -0.2) is 8.42 Å². The summed E-state index contributed by atoms with van der Waals surface area (Å²) in [6, 6.07) is 16.4. The molecule has 0 saturated heterocycles. The molecule has 2 amide bonds. The first kappa shape index (κ1) is 34.2. The Morgan fingerprint density at radius 3 is 2.14 bits per heavy atom. The fraction of sp³-hybridized carbons (Fsp3) is 0.333. The van der Waals surface area contributed by atoms with Crippen molar-refractivity contribution in [3.05, 3.63) is 99.5 Å². The molecule has 0 aliphatic carbocycles. The monoisotopic (exact) mass is 657 g/mol. The van der Waals surface area contributed by atoms with Gasteiger partial charge in [-0.1, -0.05) is 72.6 Å². The molecular formula is C30H32Cl2F3N3O4S. The molecule has 1 N–H and O–H groups in total. The Balaban J connectivity index is 2.11. The predicted molar refractivity (Wildman–Crippen MR) is 162 cm³/mol. The largest absolute Gasteiger partial charge is 0.416 e. The van der Waals surface area contributed by atoms with Crippen molar-refractivity contribution in [3.63, 3.8) is 0 Å². The maximum absolute atomic E-state index is 14.1. The van der Waals surface area contributed by atoms with Crippen molar-refractivity contribution in [3.8, 4) is 0 Å². The molecule has 232 valence electrons. The van der Waals surface area contributed by atoms with E-state index in [1.54, 1.807) is 54.6 Å². The SMILES string of the molecule is CCC(C)NC(=O)C(Cc1ccccc1)N(Cc1ccc(Cl)cc1)C(=O)CN(c1cc(C(F)(F)F)ccc1Cl)S(C)(=O)=O. The lowest BCUT2D eigenvalue weighted by Gasteiger charge is -2.34. The molecule has 43 heavy (non-hydrogen) atoms. The third-order valence-electron chi connectivity index (χ3n) is 6.76. The van der Waals surface area contributed by atoms with Gasteiger partial charge in [-0.05, 0) is 54.8 Å². The first-order chi connectivity index (χ1) is 20.1. The minimum atomic E-state index is -4.79. The summed E-state index contributed by atoms with van der Waals surface area (Å²) >= 11 is 12.2. The molecule has 0 aliphatic heterocycles. The zero-order chi connectivity index (χ0) is 31.9. The molecule has 0 spiro atoms. The Morgan fingerprint density at radius 2 is 1.58 bits per heavy atom. The highest BCUT2D eigenvalue weighted by atomic mass is 35.5. The van der Waals surface area contributed by atoms with Crippen molar-refractivity contribution in [2.24, 2.45) is 0 Å². The molecule has 3 aromatic rings. The van der Waals surface area contributed by atoms with Crippen LogP contribution in [0, 0.1) is 0 Å². The molecule has 13 heteroatoms. The highest BCUT2D eigenvalue weighted by Crippen LogP contribution is 2.36. The summed E-state index contributed by atoms with van der Waals surface area (Å²) in [5.74, 6) is -1.29. The number of alkyl halides is 3. The molecule has 0 heterocycles. The van der Waals surface area contributed by atoms with Crippen LogP contribution < -0.4 is 9.62 Å². The summed E-state index contributed by atoms with van der Waals surface area (Å²) in [6.45, 7) is 2.67. The van der Waals surface area contributed by atoms with Gasteiger partial charge in [0.1, 0.15) is 12.6 Å². The average molecular weight is 659 g/mol. The number of anilines is 1. The zero-order valence-corrected chi connectivity index (χ0v) is 26.1. The van der Waals surface area contributed by atoms with Crippen LogP contribution in [0.5, 0.6) is 0 Å². The predicted octanol–water partition coefficient (Wildman–Crippen LogP) is 6.33. The number of rotatable bonds is 12. The summed E-state index contributed by atoms with van der Waals surface area (Å²) in [5.41, 5.74) is -0.319. The van der Waals surface area contributed by atoms with Crippen LogP contribution in [-0.2, 0) is 38.8 Å². The lowest BCUT2D eigenvalue weighted by Crippen LogP contribution is -2.54. The first-order valence-corrected chi connectivity index (χ1v) is 15.9. The van der Waals surface area contributed by atoms with Gasteiger partial charge in [0.25, 0.3) is 0 Å². The standard InChI is InChI=1S/C30H32Cl2F3N3O4S/c1-4-20(2)36-29(40)27(16-21-8-6-5-7-9-21)37(18-22-10-13-24(31)14-11-22)28(39)19-38(43(3,41)42)26-17-23(30(33,34)35)12-15-25(26)32/h5-15,17,20,27H,4,16,18-19H2,1-3H3,(H,36,40). The Hall–Kier alpha value is -3.28. The van der Waals surface area contributed by atoms with Gasteiger partial charge in [-0.2, -0.15) is 13.2 Å². The van der Waals surface area contributed by atoms with Crippen molar-refractivity contribution in [2.45, 2.75) is 51.5 Å². The van der Waals surface area contributed by atoms with Crippen LogP contribution in [0.15, 0.2) is 72.8 Å². The van der Waals surface area contributed by atoms with E-state index in [0.717, 1.165) is 24.0 Å². The number of benzene rings is 3. The molecule has 3 rings (SSSR count). The smallest absolute Gasteiger partial charge is 0.352 e. The first-order valence-electron chi connectivity index (χ1n) is 13.3. The Morgan fingerprint density at radius 1 is 0.953 bits per heavy atom. The van der Waals surface area contributed by atoms with Gasteiger partial charge in [0.15, 0.2) is 0 Å². The van der Waals surface area contributed by atoms with Crippen molar-refractivity contribution in [1.29, 1.82) is 0 Å². The Labute approximate surface area is 259 Å². The van der Waals surface area contributed by atoms with Gasteiger partial charge < -0.3 is 10.2 Å². The van der Waals surface area contributed by atoms with E-state index in [1.807, 2.05) is 13.8 Å². The molecule has 3 aromatic carbocycles. The van der Waals surface area contributed by atoms with Crippen LogP contribution in [0.2, 0.25) is 10.0 Å². The van der Waals surface area contributed by atoms with Crippen molar-refractivity contribution >= 4 is 50.7 Å². The summed E-state index contributed by atoms with van der Waals surface area (Å²) in [6.07, 6.45) is -3.32. The van der Waals surface area contributed by atoms with Crippen LogP contribution in [-0.4, -0.2) is 50.0 Å². The number of halogens is 5. The third-order valence-corrected chi connectivity index (χ3v) is 8.46. The molecule has 0 bridgehead atoms. The van der Waals surface area contributed by atoms with E-state index in [-0.39, 0.29) is 24.0 Å². The van der Waals surface area contributed by atoms with Crippen LogP contribution in [0.4, 0.5) is 18.9 Å². The maximum atomic E-state index is 14.1. The number of amides is 2. The van der Waals surface area contributed by atoms with Crippen molar-refractivity contribution < 1.29 is 31.2 Å². The van der Waals surface area contributed by atoms with E-state index in [0.29, 0.717) is 27.4 Å². The topological polar surface area (TPSA) is 86.8 Å². The third kappa shape index (κ3) is 9.61. The molecule has 2 atom stereocenters. The summed E-state index contributed by atoms with van der Waals surface area (Å²) in [7, 11) is -4.32. The minimum absolute atomic E-state index is 0.0889. The van der Waals surface area contributed by atoms with E-state index < -0.39 is 51.9 Å². The summed E-state index contributed by atoms with van der Waals surface area (Å²) in [4.78, 5) is 29.0. The molecule has 7 nitrogen and oxygen atoms in total. The second-order valence-corrected chi connectivity index (χ2v) is 12.9. The van der Waals surface area contributed by atoms with Crippen LogP contribution in [0.3, 0.4) is 0 Å². The van der Waals surface area contributed by atoms with Crippen molar-refractivity contribution in [2.75, 3.05) is 17.1 Å². The highest BCUT2D eigenvalue weighted by molar-refractivity contribution is 7.92. The zero-order valence-electron chi connectivity index (χ0n) is 23.7. The molecular weight excluding hydrogens is 626 g/mol. The fourth-order valence-corrected chi connectivity index (χ4v) is 5.51. The number of nitrogens with zero attached hydrogens (tertiary/aromatic N) is 2. The minimum Gasteiger partial charge on any atom is -0.352 e. The van der Waals surface area contributed by atoms with E-state index in [2.05, 4.69) is 5.32 Å². The molecule has 0 radical (unpaired) electrons. The van der Waals surface area contributed by atoms with E-state index >= 15 is 0 Å². The number of carbonyl (C=O) groups excluding carboxylic acids is 2. The van der Waals surface area contributed by atoms with Gasteiger partial charge >= 0.3 is 6.18 Å². The van der Waals surface area contributed by atoms with Gasteiger partial charge in [0.05, 0.1) is 22.5 Å². The van der Waals surface area contributed by atoms with E-state index in [1.165, 1.54) is 4.90 Å². The molecule has 2 unspecified atom stereocenters. The van der Waals surface area contributed by atoms with E-state index in [9.17, 15) is 31.2 Å². The summed E-state index contributed by atoms with van der Waals surface area (Å²) in [5, 5.41) is 3.04. The van der Waals surface area contributed by atoms with Gasteiger partial charge in [0, 0.05) is 24.0 Å². The lowest BCUT2D eigenvalue weighted by molar-refractivity contribution is -0.140. The van der Waals surface area contributed by atoms with Crippen LogP contribution in [0.25, 0.3) is 0 Å². The van der Waals surface area contributed by atoms with Gasteiger partial charge in [-0.3, -0.25) is 13.9 Å². The van der Waals surface area contributed by atoms with Gasteiger partial charge in [0.2, 0.25) is 21.8 Å². The number of carbonyl (C=O) groups is 2. The van der Waals surface area contributed by atoms with Crippen LogP contribution >= 0.6 is 23.2 Å². The lowest BCUT2D eigenvalue weighted by atomic mass is 10.0. The normalized spacial score (nSPS) is 13.2. The Kier molecular flexibility index (Phi) is 11.5. The molecule has 0 fully saturated rings. The number of hydrogen-bond donors (Lipinski definition) is 1. The average Bonchev–Trinajstić information content (AvgIpc) is 2.94. The maximum Gasteiger partial charge on any atom is 0.416 e. The van der Waals surface area contributed by atoms with Crippen molar-refractivity contribution in [1.82, 2.24) is 10.2 Å². The van der Waals surface area contributed by atoms with Gasteiger partial charge in [-0.15, -0.1) is 0 Å². The summed E-state index contributed by atoms with van der Waals surface area (Å²) < 4.78 is 66.9. The van der Waals surface area contributed by atoms with Crippen LogP contribution in [0.1, 0.15) is 37.0 Å². The second-order valence-electron chi connectivity index (χ2n) is 10.1. The Bertz CT molecular complexity index is 1520. The molecule has 0 aliphatic rings. The second kappa shape index (κ2) is 14.5. The highest BCUT2D eigenvalue weighted by Gasteiger charge is 2.36.